The molecule has 1 aliphatic carbocycles. The van der Waals surface area contributed by atoms with Gasteiger partial charge in [0.25, 0.3) is 0 Å². The monoisotopic (exact) mass is 228 g/mol. The molecule has 2 unspecified atom stereocenters. The molecule has 1 rings (SSSR count). The number of carbonyl (C=O) groups is 2. The van der Waals surface area contributed by atoms with Crippen LogP contribution in [0.25, 0.3) is 0 Å². The van der Waals surface area contributed by atoms with Crippen molar-refractivity contribution in [2.24, 2.45) is 11.8 Å². The van der Waals surface area contributed by atoms with Gasteiger partial charge in [-0.2, -0.15) is 0 Å². The van der Waals surface area contributed by atoms with Crippen molar-refractivity contribution in [1.29, 1.82) is 0 Å². The molecule has 2 atom stereocenters. The summed E-state index contributed by atoms with van der Waals surface area (Å²) in [6.45, 7) is 3.02. The van der Waals surface area contributed by atoms with Crippen LogP contribution in [0.4, 0.5) is 0 Å². The molecule has 0 spiro atoms. The molecule has 0 aliphatic heterocycles. The molecule has 5 heteroatoms. The average molecular weight is 228 g/mol. The second-order valence-electron chi connectivity index (χ2n) is 4.78. The number of carboxylic acid groups (broad SMARTS) is 1. The molecular formula is C11H20N2O3. The fourth-order valence-corrected chi connectivity index (χ4v) is 1.65. The third-order valence-electron chi connectivity index (χ3n) is 2.88. The van der Waals surface area contributed by atoms with Gasteiger partial charge in [0.05, 0.1) is 0 Å². The summed E-state index contributed by atoms with van der Waals surface area (Å²) >= 11 is 0. The number of likely N-dealkylation sites (N-methyl/N-ethyl adjacent to an activating group) is 1. The molecule has 0 saturated heterocycles. The molecule has 0 aromatic heterocycles. The van der Waals surface area contributed by atoms with Crippen LogP contribution in [0.1, 0.15) is 13.3 Å². The minimum atomic E-state index is -0.944. The van der Waals surface area contributed by atoms with Crippen molar-refractivity contribution < 1.29 is 14.7 Å². The van der Waals surface area contributed by atoms with E-state index in [1.807, 2.05) is 25.9 Å². The van der Waals surface area contributed by atoms with E-state index < -0.39 is 5.97 Å². The van der Waals surface area contributed by atoms with Crippen LogP contribution < -0.4 is 0 Å². The molecule has 0 aromatic rings. The first-order chi connectivity index (χ1) is 7.41. The maximum Gasteiger partial charge on any atom is 0.323 e. The van der Waals surface area contributed by atoms with E-state index in [-0.39, 0.29) is 18.4 Å². The lowest BCUT2D eigenvalue weighted by Crippen LogP contribution is -2.41. The summed E-state index contributed by atoms with van der Waals surface area (Å²) in [5.74, 6) is -0.471. The van der Waals surface area contributed by atoms with E-state index in [0.717, 1.165) is 6.42 Å². The lowest BCUT2D eigenvalue weighted by Gasteiger charge is -2.22. The Labute approximate surface area is 96.0 Å². The molecule has 1 aliphatic rings. The Morgan fingerprint density at radius 2 is 1.88 bits per heavy atom. The highest BCUT2D eigenvalue weighted by molar-refractivity contribution is 5.85. The van der Waals surface area contributed by atoms with Gasteiger partial charge in [-0.1, -0.05) is 6.92 Å². The third kappa shape index (κ3) is 3.81. The molecule has 1 N–H and O–H groups in total. The van der Waals surface area contributed by atoms with E-state index in [1.54, 1.807) is 0 Å². The van der Waals surface area contributed by atoms with Crippen LogP contribution in [0.3, 0.4) is 0 Å². The minimum absolute atomic E-state index is 0.00301. The predicted molar refractivity (Wildman–Crippen MR) is 60.0 cm³/mol. The molecule has 5 nitrogen and oxygen atoms in total. The lowest BCUT2D eigenvalue weighted by atomic mass is 10.3. The number of hydrogen-bond acceptors (Lipinski definition) is 3. The molecule has 1 saturated carbocycles. The first-order valence-corrected chi connectivity index (χ1v) is 5.57. The van der Waals surface area contributed by atoms with Crippen molar-refractivity contribution in [1.82, 2.24) is 9.80 Å². The van der Waals surface area contributed by atoms with Gasteiger partial charge in [-0.25, -0.2) is 0 Å². The van der Waals surface area contributed by atoms with E-state index in [9.17, 15) is 9.59 Å². The minimum Gasteiger partial charge on any atom is -0.480 e. The Kier molecular flexibility index (Phi) is 4.29. The number of rotatable bonds is 6. The number of aliphatic carboxylic acids is 1. The van der Waals surface area contributed by atoms with Crippen molar-refractivity contribution in [2.45, 2.75) is 13.3 Å². The van der Waals surface area contributed by atoms with Gasteiger partial charge in [-0.15, -0.1) is 0 Å². The zero-order chi connectivity index (χ0) is 12.3. The Hall–Kier alpha value is -1.10. The van der Waals surface area contributed by atoms with Crippen molar-refractivity contribution in [3.63, 3.8) is 0 Å². The summed E-state index contributed by atoms with van der Waals surface area (Å²) < 4.78 is 0. The van der Waals surface area contributed by atoms with Crippen LogP contribution in [-0.4, -0.2) is 60.5 Å². The van der Waals surface area contributed by atoms with E-state index in [4.69, 9.17) is 5.11 Å². The summed E-state index contributed by atoms with van der Waals surface area (Å²) in [6, 6.07) is 0. The number of hydrogen-bond donors (Lipinski definition) is 1. The SMILES string of the molecule is CC1CC1C(=O)N(CCN(C)C)CC(=O)O. The average Bonchev–Trinajstić information content (AvgIpc) is 2.88. The van der Waals surface area contributed by atoms with Crippen LogP contribution in [-0.2, 0) is 9.59 Å². The number of carboxylic acids is 1. The van der Waals surface area contributed by atoms with E-state index >= 15 is 0 Å². The molecule has 1 fully saturated rings. The molecule has 0 heterocycles. The normalized spacial score (nSPS) is 23.2. The maximum atomic E-state index is 11.9. The smallest absolute Gasteiger partial charge is 0.323 e. The Bertz CT molecular complexity index is 278. The molecule has 16 heavy (non-hydrogen) atoms. The van der Waals surface area contributed by atoms with Crippen molar-refractivity contribution in [3.8, 4) is 0 Å². The molecular weight excluding hydrogens is 208 g/mol. The second kappa shape index (κ2) is 5.30. The van der Waals surface area contributed by atoms with E-state index in [1.165, 1.54) is 4.90 Å². The first-order valence-electron chi connectivity index (χ1n) is 5.57. The third-order valence-corrected chi connectivity index (χ3v) is 2.88. The summed E-state index contributed by atoms with van der Waals surface area (Å²) in [7, 11) is 3.81. The van der Waals surface area contributed by atoms with Crippen LogP contribution in [0.15, 0.2) is 0 Å². The van der Waals surface area contributed by atoms with Gasteiger partial charge in [0, 0.05) is 19.0 Å². The quantitative estimate of drug-likeness (QED) is 0.701. The van der Waals surface area contributed by atoms with Gasteiger partial charge in [-0.3, -0.25) is 9.59 Å². The van der Waals surface area contributed by atoms with Crippen LogP contribution in [0.5, 0.6) is 0 Å². The van der Waals surface area contributed by atoms with E-state index in [0.29, 0.717) is 19.0 Å². The van der Waals surface area contributed by atoms with Crippen LogP contribution >= 0.6 is 0 Å². The Balaban J connectivity index is 2.49. The Morgan fingerprint density at radius 1 is 1.31 bits per heavy atom. The summed E-state index contributed by atoms with van der Waals surface area (Å²) in [5, 5.41) is 8.76. The lowest BCUT2D eigenvalue weighted by molar-refractivity contribution is -0.145. The summed E-state index contributed by atoms with van der Waals surface area (Å²) in [4.78, 5) is 26.0. The van der Waals surface area contributed by atoms with Gasteiger partial charge in [-0.05, 0) is 26.4 Å². The maximum absolute atomic E-state index is 11.9. The van der Waals surface area contributed by atoms with E-state index in [2.05, 4.69) is 0 Å². The molecule has 0 bridgehead atoms. The Morgan fingerprint density at radius 3 is 2.25 bits per heavy atom. The standard InChI is InChI=1S/C11H20N2O3/c1-8-6-9(8)11(16)13(7-10(14)15)5-4-12(2)3/h8-9H,4-7H2,1-3H3,(H,14,15). The highest BCUT2D eigenvalue weighted by Gasteiger charge is 2.41. The highest BCUT2D eigenvalue weighted by Crippen LogP contribution is 2.39. The number of nitrogens with zero attached hydrogens (tertiary/aromatic N) is 2. The van der Waals surface area contributed by atoms with Gasteiger partial charge in [0.15, 0.2) is 0 Å². The largest absolute Gasteiger partial charge is 0.480 e. The fraction of sp³-hybridized carbons (Fsp3) is 0.818. The number of carbonyl (C=O) groups excluding carboxylic acids is 1. The predicted octanol–water partition coefficient (Wildman–Crippen LogP) is 0.117. The fourth-order valence-electron chi connectivity index (χ4n) is 1.65. The van der Waals surface area contributed by atoms with Gasteiger partial charge < -0.3 is 14.9 Å². The van der Waals surface area contributed by atoms with Gasteiger partial charge in [0.1, 0.15) is 6.54 Å². The van der Waals surface area contributed by atoms with Crippen LogP contribution in [0, 0.1) is 11.8 Å². The van der Waals surface area contributed by atoms with Gasteiger partial charge >= 0.3 is 5.97 Å². The van der Waals surface area contributed by atoms with Crippen molar-refractivity contribution in [2.75, 3.05) is 33.7 Å². The molecule has 0 radical (unpaired) electrons. The molecule has 1 amide bonds. The first kappa shape index (κ1) is 13.0. The van der Waals surface area contributed by atoms with Gasteiger partial charge in [0.2, 0.25) is 5.91 Å². The topological polar surface area (TPSA) is 60.9 Å². The molecule has 0 aromatic carbocycles. The molecule has 92 valence electrons. The zero-order valence-corrected chi connectivity index (χ0v) is 10.1. The van der Waals surface area contributed by atoms with Crippen molar-refractivity contribution in [3.05, 3.63) is 0 Å². The van der Waals surface area contributed by atoms with Crippen LogP contribution in [0.2, 0.25) is 0 Å². The summed E-state index contributed by atoms with van der Waals surface area (Å²) in [5.41, 5.74) is 0. The van der Waals surface area contributed by atoms with Crippen molar-refractivity contribution >= 4 is 11.9 Å². The number of amides is 1. The second-order valence-corrected chi connectivity index (χ2v) is 4.78. The zero-order valence-electron chi connectivity index (χ0n) is 10.1. The summed E-state index contributed by atoms with van der Waals surface area (Å²) in [6.07, 6.45) is 0.900. The highest BCUT2D eigenvalue weighted by atomic mass is 16.4.